The van der Waals surface area contributed by atoms with E-state index in [1.54, 1.807) is 22.9 Å². The quantitative estimate of drug-likeness (QED) is 0.635. The summed E-state index contributed by atoms with van der Waals surface area (Å²) in [6.07, 6.45) is 8.24. The summed E-state index contributed by atoms with van der Waals surface area (Å²) < 4.78 is 29.7. The van der Waals surface area contributed by atoms with Gasteiger partial charge in [-0.25, -0.2) is 13.3 Å². The Balaban J connectivity index is 1.48. The largest absolute Gasteiger partial charge is 0.393 e. The Kier molecular flexibility index (Phi) is 4.32. The minimum Gasteiger partial charge on any atom is -0.393 e. The predicted molar refractivity (Wildman–Crippen MR) is 107 cm³/mol. The van der Waals surface area contributed by atoms with Crippen LogP contribution in [0.1, 0.15) is 34.8 Å². The number of amides is 1. The average Bonchev–Trinajstić information content (AvgIpc) is 3.15. The molecule has 1 aliphatic carbocycles. The number of anilines is 1. The zero-order valence-corrected chi connectivity index (χ0v) is 16.1. The van der Waals surface area contributed by atoms with Crippen molar-refractivity contribution in [3.8, 4) is 0 Å². The zero-order chi connectivity index (χ0) is 20.9. The van der Waals surface area contributed by atoms with Crippen LogP contribution in [0.25, 0.3) is 5.52 Å². The first-order chi connectivity index (χ1) is 14.5. The number of halogens is 2. The molecule has 154 valence electrons. The van der Waals surface area contributed by atoms with Crippen LogP contribution >= 0.6 is 0 Å². The van der Waals surface area contributed by atoms with Gasteiger partial charge in [0, 0.05) is 24.0 Å². The molecular formula is C22H20F2N4O2. The second-order valence-electron chi connectivity index (χ2n) is 7.78. The molecule has 3 heterocycles. The van der Waals surface area contributed by atoms with Gasteiger partial charge in [-0.3, -0.25) is 4.79 Å². The monoisotopic (exact) mass is 410 g/mol. The number of benzene rings is 1. The van der Waals surface area contributed by atoms with Crippen LogP contribution in [0.3, 0.4) is 0 Å². The van der Waals surface area contributed by atoms with Crippen molar-refractivity contribution in [2.45, 2.75) is 24.4 Å². The van der Waals surface area contributed by atoms with Crippen LogP contribution in [0.2, 0.25) is 0 Å². The maximum atomic E-state index is 14.4. The second-order valence-corrected chi connectivity index (χ2v) is 7.78. The van der Waals surface area contributed by atoms with Crippen molar-refractivity contribution >= 4 is 17.1 Å². The van der Waals surface area contributed by atoms with Gasteiger partial charge < -0.3 is 15.3 Å². The molecule has 6 nitrogen and oxygen atoms in total. The molecule has 0 spiro atoms. The molecule has 1 saturated heterocycles. The van der Waals surface area contributed by atoms with E-state index in [9.17, 15) is 18.7 Å². The van der Waals surface area contributed by atoms with Crippen LogP contribution in [0, 0.1) is 11.6 Å². The van der Waals surface area contributed by atoms with Gasteiger partial charge in [-0.1, -0.05) is 12.2 Å². The lowest BCUT2D eigenvalue weighted by Crippen LogP contribution is -2.40. The summed E-state index contributed by atoms with van der Waals surface area (Å²) in [5, 5.41) is 16.4. The standard InChI is InChI=1S/C22H20F2N4O2/c23-14-3-4-18(24)16(10-14)19-2-1-8-27(19)15-5-9-28-20(11-15)17(12-25-28)21(30)26-22(13-29)6-7-22/h3-7,9-12,19,29H,1-2,8,13H2,(H,26,30). The zero-order valence-electron chi connectivity index (χ0n) is 16.1. The number of aliphatic hydroxyl groups is 1. The SMILES string of the molecule is O=C(NC1(CO)C=C1)c1cnn2ccc(N3CCCC3c3cc(F)ccc3F)cc12. The van der Waals surface area contributed by atoms with Crippen LogP contribution in [0.5, 0.6) is 0 Å². The van der Waals surface area contributed by atoms with Crippen LogP contribution < -0.4 is 10.2 Å². The first kappa shape index (κ1) is 18.7. The lowest BCUT2D eigenvalue weighted by Gasteiger charge is -2.27. The van der Waals surface area contributed by atoms with E-state index in [4.69, 9.17) is 0 Å². The molecule has 0 bridgehead atoms. The lowest BCUT2D eigenvalue weighted by atomic mass is 10.0. The Morgan fingerprint density at radius 2 is 2.10 bits per heavy atom. The first-order valence-electron chi connectivity index (χ1n) is 9.82. The number of nitrogens with zero attached hydrogens (tertiary/aromatic N) is 3. The molecule has 1 aromatic carbocycles. The molecule has 5 rings (SSSR count). The van der Waals surface area contributed by atoms with Crippen molar-refractivity contribution in [1.82, 2.24) is 14.9 Å². The second kappa shape index (κ2) is 6.91. The Labute approximate surface area is 171 Å². The highest BCUT2D eigenvalue weighted by Crippen LogP contribution is 2.38. The van der Waals surface area contributed by atoms with Crippen LogP contribution in [-0.4, -0.2) is 39.3 Å². The maximum Gasteiger partial charge on any atom is 0.256 e. The van der Waals surface area contributed by atoms with Gasteiger partial charge in [0.1, 0.15) is 17.2 Å². The normalized spacial score (nSPS) is 19.4. The number of aliphatic hydroxyl groups excluding tert-OH is 1. The first-order valence-corrected chi connectivity index (χ1v) is 9.82. The van der Waals surface area contributed by atoms with E-state index in [0.717, 1.165) is 24.2 Å². The number of aromatic nitrogens is 2. The third-order valence-corrected chi connectivity index (χ3v) is 5.83. The van der Waals surface area contributed by atoms with E-state index in [0.29, 0.717) is 29.6 Å². The molecule has 0 radical (unpaired) electrons. The van der Waals surface area contributed by atoms with E-state index in [1.165, 1.54) is 12.3 Å². The molecule has 0 saturated carbocycles. The lowest BCUT2D eigenvalue weighted by molar-refractivity contribution is 0.0918. The van der Waals surface area contributed by atoms with Crippen molar-refractivity contribution in [2.75, 3.05) is 18.1 Å². The Morgan fingerprint density at radius 1 is 1.27 bits per heavy atom. The maximum absolute atomic E-state index is 14.4. The predicted octanol–water partition coefficient (Wildman–Crippen LogP) is 2.98. The van der Waals surface area contributed by atoms with Crippen molar-refractivity contribution < 1.29 is 18.7 Å². The summed E-state index contributed by atoms with van der Waals surface area (Å²) in [5.74, 6) is -1.23. The number of hydrogen-bond acceptors (Lipinski definition) is 4. The number of pyridine rings is 1. The third-order valence-electron chi connectivity index (χ3n) is 5.83. The number of fused-ring (bicyclic) bond motifs is 1. The summed E-state index contributed by atoms with van der Waals surface area (Å²) >= 11 is 0. The molecular weight excluding hydrogens is 390 g/mol. The molecule has 1 atom stereocenters. The van der Waals surface area contributed by atoms with Gasteiger partial charge in [0.05, 0.1) is 29.9 Å². The Hall–Kier alpha value is -3.26. The fraction of sp³-hybridized carbons (Fsp3) is 0.273. The molecule has 2 aliphatic rings. The molecule has 1 fully saturated rings. The summed E-state index contributed by atoms with van der Waals surface area (Å²) in [6.45, 7) is 0.502. The number of rotatable bonds is 5. The van der Waals surface area contributed by atoms with Gasteiger partial charge >= 0.3 is 0 Å². The smallest absolute Gasteiger partial charge is 0.256 e. The highest BCUT2D eigenvalue weighted by Gasteiger charge is 2.36. The number of carbonyl (C=O) groups is 1. The minimum atomic E-state index is -0.766. The van der Waals surface area contributed by atoms with Crippen molar-refractivity contribution in [1.29, 1.82) is 0 Å². The summed E-state index contributed by atoms with van der Waals surface area (Å²) in [7, 11) is 0. The van der Waals surface area contributed by atoms with E-state index < -0.39 is 17.2 Å². The highest BCUT2D eigenvalue weighted by atomic mass is 19.1. The summed E-state index contributed by atoms with van der Waals surface area (Å²) in [5.41, 5.74) is 1.36. The van der Waals surface area contributed by atoms with Crippen molar-refractivity contribution in [2.24, 2.45) is 0 Å². The van der Waals surface area contributed by atoms with Gasteiger partial charge in [-0.2, -0.15) is 5.10 Å². The van der Waals surface area contributed by atoms with Crippen LogP contribution in [0.15, 0.2) is 54.9 Å². The van der Waals surface area contributed by atoms with Crippen LogP contribution in [0.4, 0.5) is 14.5 Å². The molecule has 3 aromatic rings. The van der Waals surface area contributed by atoms with Crippen molar-refractivity contribution in [3.63, 3.8) is 0 Å². The Bertz CT molecular complexity index is 1170. The molecule has 30 heavy (non-hydrogen) atoms. The van der Waals surface area contributed by atoms with E-state index >= 15 is 0 Å². The topological polar surface area (TPSA) is 69.9 Å². The van der Waals surface area contributed by atoms with E-state index in [1.807, 2.05) is 17.0 Å². The number of nitrogens with one attached hydrogen (secondary N) is 1. The molecule has 2 N–H and O–H groups in total. The fourth-order valence-corrected chi connectivity index (χ4v) is 4.10. The van der Waals surface area contributed by atoms with E-state index in [-0.39, 0.29) is 18.6 Å². The van der Waals surface area contributed by atoms with E-state index in [2.05, 4.69) is 10.4 Å². The van der Waals surface area contributed by atoms with Gasteiger partial charge in [0.2, 0.25) is 0 Å². The number of hydrogen-bond donors (Lipinski definition) is 2. The number of carbonyl (C=O) groups excluding carboxylic acids is 1. The van der Waals surface area contributed by atoms with Crippen molar-refractivity contribution in [3.05, 3.63) is 77.6 Å². The fourth-order valence-electron chi connectivity index (χ4n) is 4.10. The molecule has 2 aromatic heterocycles. The van der Waals surface area contributed by atoms with Gasteiger partial charge in [0.25, 0.3) is 5.91 Å². The van der Waals surface area contributed by atoms with Gasteiger partial charge in [0.15, 0.2) is 0 Å². The summed E-state index contributed by atoms with van der Waals surface area (Å²) in [4.78, 5) is 14.7. The molecule has 8 heteroatoms. The molecule has 1 aliphatic heterocycles. The highest BCUT2D eigenvalue weighted by molar-refractivity contribution is 6.02. The molecule has 1 unspecified atom stereocenters. The minimum absolute atomic E-state index is 0.197. The van der Waals surface area contributed by atoms with Crippen LogP contribution in [-0.2, 0) is 0 Å². The Morgan fingerprint density at radius 3 is 2.87 bits per heavy atom. The third kappa shape index (κ3) is 3.13. The summed E-state index contributed by atoms with van der Waals surface area (Å²) in [6, 6.07) is 6.95. The average molecular weight is 410 g/mol. The molecule has 1 amide bonds. The van der Waals surface area contributed by atoms with Gasteiger partial charge in [-0.05, 0) is 43.2 Å². The van der Waals surface area contributed by atoms with Gasteiger partial charge in [-0.15, -0.1) is 0 Å².